The molecular weight excluding hydrogens is 621 g/mol. The maximum Gasteiger partial charge on any atom is 0.330 e. The molecule has 2 heterocycles. The van der Waals surface area contributed by atoms with Crippen LogP contribution in [0, 0.1) is 6.92 Å². The molecule has 2 aromatic rings. The molecule has 0 spiro atoms. The number of H-pyrrole nitrogens is 1. The molecule has 3 rings (SSSR count). The van der Waals surface area contributed by atoms with E-state index in [1.807, 2.05) is 6.92 Å². The number of aliphatic hydroxyl groups is 1. The van der Waals surface area contributed by atoms with Crippen molar-refractivity contribution in [2.24, 2.45) is 0 Å². The molecule has 1 fully saturated rings. The predicted octanol–water partition coefficient (Wildman–Crippen LogP) is 4.68. The first kappa shape index (κ1) is 36.6. The van der Waals surface area contributed by atoms with Crippen LogP contribution >= 0.6 is 0 Å². The second-order valence-corrected chi connectivity index (χ2v) is 25.8. The molecule has 11 nitrogen and oxygen atoms in total. The highest BCUT2D eigenvalue weighted by atomic mass is 32.2. The van der Waals surface area contributed by atoms with Gasteiger partial charge in [-0.05, 0) is 55.3 Å². The molecule has 0 bridgehead atoms. The third-order valence-corrected chi connectivity index (χ3v) is 19.4. The third-order valence-electron chi connectivity index (χ3n) is 9.17. The first-order valence-electron chi connectivity index (χ1n) is 14.9. The Kier molecular flexibility index (Phi) is 10.9. The van der Waals surface area contributed by atoms with Crippen LogP contribution in [-0.4, -0.2) is 70.7 Å². The van der Waals surface area contributed by atoms with Crippen LogP contribution in [0.25, 0.3) is 0 Å². The van der Waals surface area contributed by atoms with Gasteiger partial charge >= 0.3 is 5.69 Å². The van der Waals surface area contributed by atoms with E-state index < -0.39 is 68.6 Å². The molecule has 14 heteroatoms. The Labute approximate surface area is 263 Å². The summed E-state index contributed by atoms with van der Waals surface area (Å²) in [6, 6.07) is 7.54. The van der Waals surface area contributed by atoms with Gasteiger partial charge in [-0.1, -0.05) is 59.2 Å². The molecule has 0 aliphatic carbocycles. The van der Waals surface area contributed by atoms with Crippen molar-refractivity contribution in [1.29, 1.82) is 0 Å². The second kappa shape index (κ2) is 13.1. The van der Waals surface area contributed by atoms with Gasteiger partial charge in [0, 0.05) is 18.7 Å². The van der Waals surface area contributed by atoms with E-state index in [4.69, 9.17) is 17.8 Å². The summed E-state index contributed by atoms with van der Waals surface area (Å²) in [7, 11) is -9.07. The van der Waals surface area contributed by atoms with Gasteiger partial charge in [0.2, 0.25) is 0 Å². The highest BCUT2D eigenvalue weighted by Crippen LogP contribution is 2.46. The van der Waals surface area contributed by atoms with Gasteiger partial charge in [0.1, 0.15) is 18.3 Å². The van der Waals surface area contributed by atoms with Crippen LogP contribution in [-0.2, 0) is 27.9 Å². The van der Waals surface area contributed by atoms with Crippen molar-refractivity contribution in [3.63, 3.8) is 0 Å². The van der Waals surface area contributed by atoms with Gasteiger partial charge in [0.05, 0.1) is 17.6 Å². The van der Waals surface area contributed by atoms with Gasteiger partial charge in [-0.15, -0.1) is 0 Å². The van der Waals surface area contributed by atoms with Gasteiger partial charge in [0.25, 0.3) is 15.7 Å². The molecule has 5 atom stereocenters. The van der Waals surface area contributed by atoms with E-state index in [9.17, 15) is 23.1 Å². The number of rotatable bonds is 11. The molecule has 1 saturated heterocycles. The van der Waals surface area contributed by atoms with E-state index in [0.29, 0.717) is 0 Å². The lowest BCUT2D eigenvalue weighted by atomic mass is 10.0. The number of benzene rings is 1. The fraction of sp³-hybridized carbons (Fsp3) is 0.667. The summed E-state index contributed by atoms with van der Waals surface area (Å²) in [5.74, 6) is 0. The molecule has 2 N–H and O–H groups in total. The maximum absolute atomic E-state index is 13.0. The number of aromatic nitrogens is 2. The number of aryl methyl sites for hydroxylation is 1. The van der Waals surface area contributed by atoms with Gasteiger partial charge in [-0.3, -0.25) is 18.5 Å². The standard InChI is InChI=1S/C30H50N2O9SSi2/c1-20-12-14-21(15-13-20)42(36,37)38-19-17-22(33)24-25(40-43(8,9)29(2,3)4)26(41-44(10,11)30(5,6)7)27(39-24)32-18-16-23(34)31-28(32)35/h12-16,18,22,24-27,33H,17,19H2,1-11H3,(H,31,34,35)/t22-,24+,25+,26+,27+/m0/s1. The third kappa shape index (κ3) is 8.26. The van der Waals surface area contributed by atoms with Crippen molar-refractivity contribution in [3.8, 4) is 0 Å². The molecule has 44 heavy (non-hydrogen) atoms. The average Bonchev–Trinajstić information content (AvgIpc) is 3.19. The summed E-state index contributed by atoms with van der Waals surface area (Å²) in [5, 5.41) is 11.1. The molecule has 0 saturated carbocycles. The molecule has 1 aromatic heterocycles. The molecule has 1 aliphatic rings. The van der Waals surface area contributed by atoms with Crippen molar-refractivity contribution in [2.75, 3.05) is 6.61 Å². The maximum atomic E-state index is 13.0. The van der Waals surface area contributed by atoms with Crippen LogP contribution in [0.1, 0.15) is 59.8 Å². The minimum Gasteiger partial charge on any atom is -0.408 e. The Balaban J connectivity index is 2.01. The van der Waals surface area contributed by atoms with Crippen LogP contribution < -0.4 is 11.2 Å². The lowest BCUT2D eigenvalue weighted by Crippen LogP contribution is -2.55. The van der Waals surface area contributed by atoms with Crippen LogP contribution in [0.4, 0.5) is 0 Å². The van der Waals surface area contributed by atoms with Crippen molar-refractivity contribution < 1.29 is 31.3 Å². The number of nitrogens with one attached hydrogen (secondary N) is 1. The summed E-state index contributed by atoms with van der Waals surface area (Å²) in [5.41, 5.74) is -0.320. The monoisotopic (exact) mass is 670 g/mol. The Bertz CT molecular complexity index is 1510. The molecule has 248 valence electrons. The van der Waals surface area contributed by atoms with E-state index in [-0.39, 0.29) is 28.0 Å². The van der Waals surface area contributed by atoms with Crippen LogP contribution in [0.5, 0.6) is 0 Å². The summed E-state index contributed by atoms with van der Waals surface area (Å²) in [4.78, 5) is 27.2. The zero-order valence-electron chi connectivity index (χ0n) is 27.8. The fourth-order valence-corrected chi connectivity index (χ4v) is 7.84. The minimum atomic E-state index is -4.05. The van der Waals surface area contributed by atoms with Gasteiger partial charge < -0.3 is 18.7 Å². The Morgan fingerprint density at radius 3 is 1.95 bits per heavy atom. The second-order valence-electron chi connectivity index (χ2n) is 14.6. The summed E-state index contributed by atoms with van der Waals surface area (Å²) in [6.07, 6.45) is -3.61. The number of aromatic amines is 1. The van der Waals surface area contributed by atoms with Crippen molar-refractivity contribution in [3.05, 3.63) is 62.9 Å². The number of nitrogens with zero attached hydrogens (tertiary/aromatic N) is 1. The van der Waals surface area contributed by atoms with Crippen molar-refractivity contribution in [2.45, 2.75) is 127 Å². The topological polar surface area (TPSA) is 146 Å². The van der Waals surface area contributed by atoms with E-state index in [1.165, 1.54) is 29.0 Å². The zero-order valence-corrected chi connectivity index (χ0v) is 30.7. The fourth-order valence-electron chi connectivity index (χ4n) is 4.34. The van der Waals surface area contributed by atoms with E-state index >= 15 is 0 Å². The first-order valence-corrected chi connectivity index (χ1v) is 22.2. The van der Waals surface area contributed by atoms with Crippen LogP contribution in [0.3, 0.4) is 0 Å². The SMILES string of the molecule is Cc1ccc(S(=O)(=O)OCC[C@H](O)[C@H]2O[C@@H](n3ccc(=O)[nH]c3=O)[C@H](O[Si](C)(C)C(C)(C)C)[C@@H]2O[Si](C)(C)C(C)(C)C)cc1. The number of ether oxygens (including phenoxy) is 1. The van der Waals surface area contributed by atoms with E-state index in [1.54, 1.807) is 12.1 Å². The van der Waals surface area contributed by atoms with Gasteiger partial charge in [-0.2, -0.15) is 8.42 Å². The molecule has 0 unspecified atom stereocenters. The van der Waals surface area contributed by atoms with Crippen molar-refractivity contribution >= 4 is 26.8 Å². The zero-order chi connectivity index (χ0) is 33.5. The Morgan fingerprint density at radius 1 is 0.932 bits per heavy atom. The summed E-state index contributed by atoms with van der Waals surface area (Å²) < 4.78 is 52.4. The minimum absolute atomic E-state index is 0.0224. The van der Waals surface area contributed by atoms with Gasteiger partial charge in [0.15, 0.2) is 22.9 Å². The summed E-state index contributed by atoms with van der Waals surface area (Å²) >= 11 is 0. The normalized spacial score (nSPS) is 22.7. The first-order chi connectivity index (χ1) is 20.0. The Morgan fingerprint density at radius 2 is 1.45 bits per heavy atom. The predicted molar refractivity (Wildman–Crippen MR) is 174 cm³/mol. The number of hydrogen-bond acceptors (Lipinski definition) is 9. The van der Waals surface area contributed by atoms with Crippen molar-refractivity contribution in [1.82, 2.24) is 9.55 Å². The number of hydrogen-bond donors (Lipinski definition) is 2. The largest absolute Gasteiger partial charge is 0.408 e. The highest BCUT2D eigenvalue weighted by Gasteiger charge is 2.56. The van der Waals surface area contributed by atoms with Crippen LogP contribution in [0.2, 0.25) is 36.3 Å². The Hall–Kier alpha value is -1.92. The summed E-state index contributed by atoms with van der Waals surface area (Å²) in [6.45, 7) is 22.4. The molecule has 0 amide bonds. The quantitative estimate of drug-likeness (QED) is 0.257. The lowest BCUT2D eigenvalue weighted by Gasteiger charge is -2.44. The smallest absolute Gasteiger partial charge is 0.330 e. The molecule has 1 aliphatic heterocycles. The molecular formula is C30H50N2O9SSi2. The van der Waals surface area contributed by atoms with E-state index in [0.717, 1.165) is 5.56 Å². The van der Waals surface area contributed by atoms with Gasteiger partial charge in [-0.25, -0.2) is 4.79 Å². The number of aliphatic hydroxyl groups excluding tert-OH is 1. The average molecular weight is 671 g/mol. The van der Waals surface area contributed by atoms with E-state index in [2.05, 4.69) is 72.7 Å². The molecule has 1 aromatic carbocycles. The lowest BCUT2D eigenvalue weighted by molar-refractivity contribution is -0.0880. The molecule has 0 radical (unpaired) electrons. The highest BCUT2D eigenvalue weighted by molar-refractivity contribution is 7.86. The van der Waals surface area contributed by atoms with Crippen LogP contribution in [0.15, 0.2) is 51.0 Å².